The van der Waals surface area contributed by atoms with E-state index in [-0.39, 0.29) is 16.7 Å². The zero-order chi connectivity index (χ0) is 16.4. The summed E-state index contributed by atoms with van der Waals surface area (Å²) < 4.78 is 55.7. The molecule has 1 saturated carbocycles. The average Bonchev–Trinajstić information content (AvgIpc) is 3.12. The molecule has 2 aromatic rings. The molecule has 3 heterocycles. The van der Waals surface area contributed by atoms with Crippen molar-refractivity contribution in [2.24, 2.45) is 5.92 Å². The van der Waals surface area contributed by atoms with E-state index in [1.807, 2.05) is 0 Å². The third kappa shape index (κ3) is 2.14. The predicted molar refractivity (Wildman–Crippen MR) is 75.7 cm³/mol. The van der Waals surface area contributed by atoms with Gasteiger partial charge in [0.15, 0.2) is 11.0 Å². The second-order valence-electron chi connectivity index (χ2n) is 5.86. The largest absolute Gasteiger partial charge is 0.346 e. The minimum absolute atomic E-state index is 0.0513. The molecule has 122 valence electrons. The van der Waals surface area contributed by atoms with Crippen LogP contribution in [0.15, 0.2) is 6.20 Å². The van der Waals surface area contributed by atoms with Crippen LogP contribution >= 0.6 is 11.6 Å². The maximum atomic E-state index is 14.0. The second-order valence-corrected chi connectivity index (χ2v) is 6.21. The molecule has 4 nitrogen and oxygen atoms in total. The molecular weight excluding hydrogens is 336 g/mol. The van der Waals surface area contributed by atoms with E-state index >= 15 is 0 Å². The molecule has 1 saturated heterocycles. The fourth-order valence-corrected chi connectivity index (χ4v) is 3.52. The summed E-state index contributed by atoms with van der Waals surface area (Å²) in [5.74, 6) is -4.65. The van der Waals surface area contributed by atoms with Gasteiger partial charge in [0.25, 0.3) is 5.92 Å². The summed E-state index contributed by atoms with van der Waals surface area (Å²) in [6.07, 6.45) is 1.77. The highest BCUT2D eigenvalue weighted by molar-refractivity contribution is 6.30. The molecule has 2 atom stereocenters. The number of fused-ring (bicyclic) bond motifs is 2. The number of hydrogen-bond donors (Lipinski definition) is 0. The third-order valence-corrected chi connectivity index (χ3v) is 4.79. The lowest BCUT2D eigenvalue weighted by Crippen LogP contribution is -2.32. The molecule has 0 radical (unpaired) electrons. The minimum atomic E-state index is -2.84. The zero-order valence-electron chi connectivity index (χ0n) is 11.7. The SMILES string of the molecule is Fc1nc(N2CCCC[C@@H]3[C@H]2C3(F)F)c2cnc(Cl)c(F)c2n1. The van der Waals surface area contributed by atoms with Gasteiger partial charge in [-0.1, -0.05) is 18.0 Å². The van der Waals surface area contributed by atoms with E-state index in [9.17, 15) is 17.6 Å². The standard InChI is InChI=1S/C14H11ClF4N4/c15-11-8(16)9-6(5-20-11)12(22-13(17)21-9)23-4-2-1-3-7-10(23)14(7,18)19/h5,7,10H,1-4H2/t7-,10+/m1/s1. The molecule has 23 heavy (non-hydrogen) atoms. The van der Waals surface area contributed by atoms with E-state index in [2.05, 4.69) is 15.0 Å². The number of pyridine rings is 1. The van der Waals surface area contributed by atoms with Crippen LogP contribution in [0.3, 0.4) is 0 Å². The van der Waals surface area contributed by atoms with Gasteiger partial charge in [-0.05, 0) is 12.8 Å². The van der Waals surface area contributed by atoms with Crippen molar-refractivity contribution in [3.63, 3.8) is 0 Å². The molecule has 0 amide bonds. The maximum Gasteiger partial charge on any atom is 0.311 e. The van der Waals surface area contributed by atoms with Crippen LogP contribution in [0.4, 0.5) is 23.4 Å². The van der Waals surface area contributed by atoms with Crippen LogP contribution in [0.25, 0.3) is 10.9 Å². The molecule has 1 aliphatic carbocycles. The normalized spacial score (nSPS) is 26.0. The molecule has 9 heteroatoms. The molecule has 2 aliphatic rings. The van der Waals surface area contributed by atoms with Crippen LogP contribution in [0.2, 0.25) is 5.15 Å². The van der Waals surface area contributed by atoms with Gasteiger partial charge in [0.05, 0.1) is 11.3 Å². The highest BCUT2D eigenvalue weighted by Crippen LogP contribution is 2.57. The van der Waals surface area contributed by atoms with Gasteiger partial charge in [0.1, 0.15) is 17.4 Å². The van der Waals surface area contributed by atoms with Crippen molar-refractivity contribution in [2.75, 3.05) is 11.4 Å². The maximum absolute atomic E-state index is 14.0. The van der Waals surface area contributed by atoms with E-state index < -0.39 is 34.9 Å². The van der Waals surface area contributed by atoms with Crippen LogP contribution in [0, 0.1) is 17.8 Å². The van der Waals surface area contributed by atoms with Crippen LogP contribution in [-0.2, 0) is 0 Å². The first kappa shape index (κ1) is 14.9. The fourth-order valence-electron chi connectivity index (χ4n) is 3.38. The molecule has 0 aromatic carbocycles. The summed E-state index contributed by atoms with van der Waals surface area (Å²) >= 11 is 5.58. The highest BCUT2D eigenvalue weighted by atomic mass is 35.5. The first-order chi connectivity index (χ1) is 10.9. The van der Waals surface area contributed by atoms with E-state index in [1.54, 1.807) is 0 Å². The van der Waals surface area contributed by atoms with Gasteiger partial charge in [-0.15, -0.1) is 0 Å². The van der Waals surface area contributed by atoms with E-state index in [1.165, 1.54) is 11.1 Å². The Morgan fingerprint density at radius 1 is 1.22 bits per heavy atom. The van der Waals surface area contributed by atoms with Gasteiger partial charge in [0.2, 0.25) is 0 Å². The van der Waals surface area contributed by atoms with Gasteiger partial charge in [-0.3, -0.25) is 0 Å². The van der Waals surface area contributed by atoms with Gasteiger partial charge >= 0.3 is 6.08 Å². The van der Waals surface area contributed by atoms with E-state index in [0.29, 0.717) is 25.8 Å². The summed E-state index contributed by atoms with van der Waals surface area (Å²) in [5, 5.41) is -0.372. The summed E-state index contributed by atoms with van der Waals surface area (Å²) in [5.41, 5.74) is -0.350. The number of aromatic nitrogens is 3. The Morgan fingerprint density at radius 3 is 2.78 bits per heavy atom. The lowest BCUT2D eigenvalue weighted by atomic mass is 10.2. The van der Waals surface area contributed by atoms with Crippen molar-refractivity contribution in [3.05, 3.63) is 23.2 Å². The zero-order valence-corrected chi connectivity index (χ0v) is 12.5. The Morgan fingerprint density at radius 2 is 2.00 bits per heavy atom. The molecular formula is C14H11ClF4N4. The fraction of sp³-hybridized carbons (Fsp3) is 0.500. The molecule has 0 spiro atoms. The Labute approximate surface area is 133 Å². The summed E-state index contributed by atoms with van der Waals surface area (Å²) in [6.45, 7) is 0.298. The van der Waals surface area contributed by atoms with Gasteiger partial charge < -0.3 is 4.90 Å². The molecule has 2 aromatic heterocycles. The Hall–Kier alpha value is -1.70. The van der Waals surface area contributed by atoms with Crippen LogP contribution < -0.4 is 4.90 Å². The van der Waals surface area contributed by atoms with E-state index in [0.717, 1.165) is 0 Å². The molecule has 0 bridgehead atoms. The van der Waals surface area contributed by atoms with Crippen molar-refractivity contribution in [1.82, 2.24) is 15.0 Å². The second kappa shape index (κ2) is 4.90. The summed E-state index contributed by atoms with van der Waals surface area (Å²) in [7, 11) is 0. The first-order valence-corrected chi connectivity index (χ1v) is 7.60. The summed E-state index contributed by atoms with van der Waals surface area (Å²) in [4.78, 5) is 12.1. The quantitative estimate of drug-likeness (QED) is 0.449. The van der Waals surface area contributed by atoms with Crippen molar-refractivity contribution in [3.8, 4) is 0 Å². The highest BCUT2D eigenvalue weighted by Gasteiger charge is 2.70. The smallest absolute Gasteiger partial charge is 0.311 e. The number of nitrogens with zero attached hydrogens (tertiary/aromatic N) is 4. The van der Waals surface area contributed by atoms with Crippen molar-refractivity contribution >= 4 is 28.3 Å². The number of alkyl halides is 2. The number of rotatable bonds is 1. The Balaban J connectivity index is 1.90. The average molecular weight is 347 g/mol. The lowest BCUT2D eigenvalue weighted by Gasteiger charge is -2.24. The van der Waals surface area contributed by atoms with Crippen LogP contribution in [0.1, 0.15) is 19.3 Å². The molecule has 2 fully saturated rings. The monoisotopic (exact) mass is 346 g/mol. The van der Waals surface area contributed by atoms with Crippen molar-refractivity contribution in [2.45, 2.75) is 31.2 Å². The van der Waals surface area contributed by atoms with E-state index in [4.69, 9.17) is 11.6 Å². The number of halogens is 5. The number of hydrogen-bond acceptors (Lipinski definition) is 4. The third-order valence-electron chi connectivity index (χ3n) is 4.53. The van der Waals surface area contributed by atoms with Gasteiger partial charge in [-0.2, -0.15) is 14.4 Å². The summed E-state index contributed by atoms with van der Waals surface area (Å²) in [6, 6.07) is -1.04. The van der Waals surface area contributed by atoms with Crippen LogP contribution in [0.5, 0.6) is 0 Å². The first-order valence-electron chi connectivity index (χ1n) is 7.23. The molecule has 4 rings (SSSR count). The lowest BCUT2D eigenvalue weighted by molar-refractivity contribution is 0.0888. The molecule has 0 N–H and O–H groups in total. The predicted octanol–water partition coefficient (Wildman–Crippen LogP) is 3.58. The number of anilines is 1. The molecule has 1 aliphatic heterocycles. The van der Waals surface area contributed by atoms with Crippen LogP contribution in [-0.4, -0.2) is 33.5 Å². The van der Waals surface area contributed by atoms with Gasteiger partial charge in [-0.25, -0.2) is 18.2 Å². The van der Waals surface area contributed by atoms with Gasteiger partial charge in [0, 0.05) is 12.7 Å². The Bertz CT molecular complexity index is 800. The minimum Gasteiger partial charge on any atom is -0.346 e. The van der Waals surface area contributed by atoms with Crippen molar-refractivity contribution in [1.29, 1.82) is 0 Å². The van der Waals surface area contributed by atoms with Crippen molar-refractivity contribution < 1.29 is 17.6 Å². The molecule has 0 unspecified atom stereocenters. The Kier molecular flexibility index (Phi) is 3.16. The topological polar surface area (TPSA) is 41.9 Å².